The van der Waals surface area contributed by atoms with Gasteiger partial charge in [-0.2, -0.15) is 0 Å². The number of carbonyl (C=O) groups excluding carboxylic acids is 2. The first-order valence-corrected chi connectivity index (χ1v) is 9.89. The summed E-state index contributed by atoms with van der Waals surface area (Å²) in [6.45, 7) is 5.40. The molecule has 0 saturated carbocycles. The number of ketones is 1. The van der Waals surface area contributed by atoms with Crippen molar-refractivity contribution < 1.29 is 9.59 Å². The predicted octanol–water partition coefficient (Wildman–Crippen LogP) is 3.46. The SMILES string of the molecule is CC(=O)c1cccc(NC(=O)C(C)Sc2nnc(N3CCCC3)s2)c1. The normalized spacial score (nSPS) is 15.2. The number of rotatable bonds is 6. The molecule has 1 N–H and O–H groups in total. The second kappa shape index (κ2) is 7.97. The van der Waals surface area contributed by atoms with E-state index in [0.29, 0.717) is 11.3 Å². The van der Waals surface area contributed by atoms with Crippen LogP contribution in [0.5, 0.6) is 0 Å². The van der Waals surface area contributed by atoms with Crippen LogP contribution in [0.25, 0.3) is 0 Å². The fraction of sp³-hybridized carbons (Fsp3) is 0.412. The minimum absolute atomic E-state index is 0.0261. The van der Waals surface area contributed by atoms with Gasteiger partial charge in [0.25, 0.3) is 0 Å². The van der Waals surface area contributed by atoms with Crippen LogP contribution in [-0.4, -0.2) is 40.2 Å². The molecule has 0 aliphatic carbocycles. The van der Waals surface area contributed by atoms with Gasteiger partial charge in [0.1, 0.15) is 0 Å². The number of benzene rings is 1. The number of nitrogens with zero attached hydrogens (tertiary/aromatic N) is 3. The van der Waals surface area contributed by atoms with Crippen molar-refractivity contribution >= 4 is 45.6 Å². The monoisotopic (exact) mass is 376 g/mol. The van der Waals surface area contributed by atoms with E-state index in [-0.39, 0.29) is 16.9 Å². The zero-order valence-electron chi connectivity index (χ0n) is 14.2. The molecule has 132 valence electrons. The molecule has 2 aromatic rings. The third kappa shape index (κ3) is 4.58. The number of amides is 1. The molecule has 25 heavy (non-hydrogen) atoms. The Morgan fingerprint density at radius 1 is 1.28 bits per heavy atom. The second-order valence-corrected chi connectivity index (χ2v) is 8.47. The molecule has 1 amide bonds. The predicted molar refractivity (Wildman–Crippen MR) is 102 cm³/mol. The molecule has 1 unspecified atom stereocenters. The van der Waals surface area contributed by atoms with E-state index in [1.807, 2.05) is 6.92 Å². The maximum absolute atomic E-state index is 12.4. The first kappa shape index (κ1) is 17.9. The molecule has 6 nitrogen and oxygen atoms in total. The van der Waals surface area contributed by atoms with Crippen molar-refractivity contribution in [3.05, 3.63) is 29.8 Å². The Labute approximate surface area is 155 Å². The van der Waals surface area contributed by atoms with Gasteiger partial charge in [-0.15, -0.1) is 10.2 Å². The summed E-state index contributed by atoms with van der Waals surface area (Å²) in [5.41, 5.74) is 1.21. The summed E-state index contributed by atoms with van der Waals surface area (Å²) in [7, 11) is 0. The van der Waals surface area contributed by atoms with E-state index in [1.54, 1.807) is 24.3 Å². The molecule has 0 bridgehead atoms. The quantitative estimate of drug-likeness (QED) is 0.615. The van der Waals surface area contributed by atoms with Crippen molar-refractivity contribution in [3.8, 4) is 0 Å². The lowest BCUT2D eigenvalue weighted by Gasteiger charge is -2.12. The van der Waals surface area contributed by atoms with Crippen molar-refractivity contribution in [3.63, 3.8) is 0 Å². The van der Waals surface area contributed by atoms with E-state index < -0.39 is 0 Å². The number of Topliss-reactive ketones (excluding diaryl/α,β-unsaturated/α-hetero) is 1. The summed E-state index contributed by atoms with van der Waals surface area (Å²) < 4.78 is 0.794. The highest BCUT2D eigenvalue weighted by Crippen LogP contribution is 2.32. The summed E-state index contributed by atoms with van der Waals surface area (Å²) in [5, 5.41) is 11.9. The van der Waals surface area contributed by atoms with Crippen LogP contribution >= 0.6 is 23.1 Å². The molecule has 0 spiro atoms. The highest BCUT2D eigenvalue weighted by atomic mass is 32.2. The van der Waals surface area contributed by atoms with Crippen LogP contribution in [0, 0.1) is 0 Å². The van der Waals surface area contributed by atoms with E-state index in [1.165, 1.54) is 42.9 Å². The van der Waals surface area contributed by atoms with Crippen LogP contribution in [-0.2, 0) is 4.79 Å². The fourth-order valence-corrected chi connectivity index (χ4v) is 4.59. The van der Waals surface area contributed by atoms with Gasteiger partial charge >= 0.3 is 0 Å². The Morgan fingerprint density at radius 2 is 2.04 bits per heavy atom. The summed E-state index contributed by atoms with van der Waals surface area (Å²) in [6.07, 6.45) is 2.39. The highest BCUT2D eigenvalue weighted by Gasteiger charge is 2.20. The minimum atomic E-state index is -0.305. The first-order valence-electron chi connectivity index (χ1n) is 8.20. The topological polar surface area (TPSA) is 75.2 Å². The lowest BCUT2D eigenvalue weighted by Crippen LogP contribution is -2.22. The smallest absolute Gasteiger partial charge is 0.237 e. The lowest BCUT2D eigenvalue weighted by atomic mass is 10.1. The Morgan fingerprint density at radius 3 is 2.76 bits per heavy atom. The molecule has 1 aromatic carbocycles. The summed E-state index contributed by atoms with van der Waals surface area (Å²) in [6, 6.07) is 6.96. The molecule has 1 aromatic heterocycles. The van der Waals surface area contributed by atoms with Crippen LogP contribution in [0.2, 0.25) is 0 Å². The van der Waals surface area contributed by atoms with Gasteiger partial charge in [-0.3, -0.25) is 9.59 Å². The lowest BCUT2D eigenvalue weighted by molar-refractivity contribution is -0.115. The van der Waals surface area contributed by atoms with E-state index in [0.717, 1.165) is 22.6 Å². The maximum atomic E-state index is 12.4. The number of carbonyl (C=O) groups is 2. The van der Waals surface area contributed by atoms with E-state index in [2.05, 4.69) is 20.4 Å². The zero-order chi connectivity index (χ0) is 17.8. The third-order valence-electron chi connectivity index (χ3n) is 3.96. The van der Waals surface area contributed by atoms with Gasteiger partial charge in [0.05, 0.1) is 5.25 Å². The molecule has 1 aliphatic rings. The van der Waals surface area contributed by atoms with E-state index >= 15 is 0 Å². The number of aromatic nitrogens is 2. The number of thioether (sulfide) groups is 1. The van der Waals surface area contributed by atoms with Gasteiger partial charge in [0.2, 0.25) is 11.0 Å². The van der Waals surface area contributed by atoms with Crippen molar-refractivity contribution in [1.82, 2.24) is 10.2 Å². The van der Waals surface area contributed by atoms with E-state index in [9.17, 15) is 9.59 Å². The summed E-state index contributed by atoms with van der Waals surface area (Å²) in [4.78, 5) is 26.1. The van der Waals surface area contributed by atoms with Crippen LogP contribution in [0.1, 0.15) is 37.0 Å². The molecular weight excluding hydrogens is 356 g/mol. The van der Waals surface area contributed by atoms with Crippen molar-refractivity contribution in [1.29, 1.82) is 0 Å². The Hall–Kier alpha value is -1.93. The maximum Gasteiger partial charge on any atom is 0.237 e. The average Bonchev–Trinajstić information content (AvgIpc) is 3.26. The molecule has 8 heteroatoms. The van der Waals surface area contributed by atoms with Crippen molar-refractivity contribution in [2.75, 3.05) is 23.3 Å². The standard InChI is InChI=1S/C17H20N4O2S2/c1-11(22)13-6-5-7-14(10-13)18-15(23)12(2)24-17-20-19-16(25-17)21-8-3-4-9-21/h5-7,10,12H,3-4,8-9H2,1-2H3,(H,18,23). The van der Waals surface area contributed by atoms with Gasteiger partial charge in [-0.05, 0) is 38.8 Å². The molecule has 1 fully saturated rings. The highest BCUT2D eigenvalue weighted by molar-refractivity contribution is 8.02. The van der Waals surface area contributed by atoms with Crippen molar-refractivity contribution in [2.24, 2.45) is 0 Å². The summed E-state index contributed by atoms with van der Waals surface area (Å²) >= 11 is 2.93. The molecule has 1 saturated heterocycles. The van der Waals surface area contributed by atoms with Gasteiger partial charge in [-0.1, -0.05) is 35.2 Å². The molecular formula is C17H20N4O2S2. The Balaban J connectivity index is 1.59. The van der Waals surface area contributed by atoms with Gasteiger partial charge < -0.3 is 10.2 Å². The van der Waals surface area contributed by atoms with Crippen LogP contribution < -0.4 is 10.2 Å². The Kier molecular flexibility index (Phi) is 5.70. The number of anilines is 2. The first-order chi connectivity index (χ1) is 12.0. The molecule has 1 aliphatic heterocycles. The zero-order valence-corrected chi connectivity index (χ0v) is 15.8. The summed E-state index contributed by atoms with van der Waals surface area (Å²) in [5.74, 6) is -0.148. The number of hydrogen-bond acceptors (Lipinski definition) is 7. The van der Waals surface area contributed by atoms with E-state index in [4.69, 9.17) is 0 Å². The van der Waals surface area contributed by atoms with Gasteiger partial charge in [-0.25, -0.2) is 0 Å². The molecule has 2 heterocycles. The molecule has 0 radical (unpaired) electrons. The molecule has 3 rings (SSSR count). The largest absolute Gasteiger partial charge is 0.347 e. The Bertz CT molecular complexity index is 772. The van der Waals surface area contributed by atoms with Crippen LogP contribution in [0.15, 0.2) is 28.6 Å². The average molecular weight is 377 g/mol. The second-order valence-electron chi connectivity index (χ2n) is 5.93. The van der Waals surface area contributed by atoms with Gasteiger partial charge in [0, 0.05) is 24.3 Å². The molecule has 1 atom stereocenters. The van der Waals surface area contributed by atoms with Crippen LogP contribution in [0.3, 0.4) is 0 Å². The third-order valence-corrected chi connectivity index (χ3v) is 6.12. The van der Waals surface area contributed by atoms with Crippen molar-refractivity contribution in [2.45, 2.75) is 36.3 Å². The number of hydrogen-bond donors (Lipinski definition) is 1. The van der Waals surface area contributed by atoms with Crippen LogP contribution in [0.4, 0.5) is 10.8 Å². The number of nitrogens with one attached hydrogen (secondary N) is 1. The minimum Gasteiger partial charge on any atom is -0.347 e. The van der Waals surface area contributed by atoms with Gasteiger partial charge in [0.15, 0.2) is 10.1 Å². The fourth-order valence-electron chi connectivity index (χ4n) is 2.55.